The summed E-state index contributed by atoms with van der Waals surface area (Å²) in [6, 6.07) is 21.2. The first-order valence-corrected chi connectivity index (χ1v) is 10.8. The third-order valence-electron chi connectivity index (χ3n) is 4.74. The van der Waals surface area contributed by atoms with Gasteiger partial charge in [0.05, 0.1) is 16.6 Å². The van der Waals surface area contributed by atoms with Crippen molar-refractivity contribution in [2.45, 2.75) is 11.8 Å². The molecule has 1 heterocycles. The van der Waals surface area contributed by atoms with Crippen molar-refractivity contribution in [2.75, 3.05) is 6.26 Å². The van der Waals surface area contributed by atoms with Gasteiger partial charge < -0.3 is 0 Å². The van der Waals surface area contributed by atoms with Gasteiger partial charge in [0.25, 0.3) is 5.56 Å². The molecule has 1 aromatic heterocycles. The number of rotatable bonds is 4. The Labute approximate surface area is 178 Å². The van der Waals surface area contributed by atoms with Crippen molar-refractivity contribution < 1.29 is 0 Å². The summed E-state index contributed by atoms with van der Waals surface area (Å²) in [6.07, 6.45) is 5.91. The highest BCUT2D eigenvalue weighted by Crippen LogP contribution is 2.22. The maximum atomic E-state index is 13.3. The molecule has 0 atom stereocenters. The minimum absolute atomic E-state index is 0.0987. The van der Waals surface area contributed by atoms with Crippen LogP contribution in [0.15, 0.2) is 76.4 Å². The van der Waals surface area contributed by atoms with Crippen LogP contribution in [0.1, 0.15) is 17.0 Å². The van der Waals surface area contributed by atoms with Crippen LogP contribution in [0.2, 0.25) is 5.02 Å². The summed E-state index contributed by atoms with van der Waals surface area (Å²) in [6.45, 7) is 1.94. The van der Waals surface area contributed by atoms with Gasteiger partial charge in [-0.2, -0.15) is 0 Å². The number of hydrogen-bond donors (Lipinski definition) is 0. The number of aryl methyl sites for hydroxylation is 1. The van der Waals surface area contributed by atoms with E-state index < -0.39 is 0 Å². The number of aromatic nitrogens is 2. The molecule has 0 N–H and O–H groups in total. The fourth-order valence-corrected chi connectivity index (χ4v) is 3.88. The fraction of sp³-hybridized carbons (Fsp3) is 0.0833. The molecule has 4 rings (SSSR count). The number of halogens is 1. The molecule has 5 heteroatoms. The molecule has 4 aromatic rings. The molecule has 3 nitrogen and oxygen atoms in total. The van der Waals surface area contributed by atoms with Crippen molar-refractivity contribution in [1.29, 1.82) is 0 Å². The molecule has 29 heavy (non-hydrogen) atoms. The quantitative estimate of drug-likeness (QED) is 0.368. The molecule has 0 fully saturated rings. The number of fused-ring (bicyclic) bond motifs is 1. The van der Waals surface area contributed by atoms with E-state index in [1.165, 1.54) is 4.90 Å². The summed E-state index contributed by atoms with van der Waals surface area (Å²) >= 11 is 7.83. The summed E-state index contributed by atoms with van der Waals surface area (Å²) < 4.78 is 1.65. The van der Waals surface area contributed by atoms with Crippen LogP contribution in [0.3, 0.4) is 0 Å². The van der Waals surface area contributed by atoms with Gasteiger partial charge in [0, 0.05) is 9.92 Å². The smallest absolute Gasteiger partial charge is 0.266 e. The van der Waals surface area contributed by atoms with Crippen LogP contribution in [0, 0.1) is 6.92 Å². The fourth-order valence-electron chi connectivity index (χ4n) is 3.25. The van der Waals surface area contributed by atoms with Gasteiger partial charge in [0.2, 0.25) is 0 Å². The van der Waals surface area contributed by atoms with Crippen LogP contribution in [0.25, 0.3) is 28.7 Å². The third-order valence-corrected chi connectivity index (χ3v) is 5.72. The van der Waals surface area contributed by atoms with Gasteiger partial charge in [0.15, 0.2) is 0 Å². The van der Waals surface area contributed by atoms with Gasteiger partial charge in [-0.1, -0.05) is 41.9 Å². The molecule has 3 aromatic carbocycles. The molecule has 0 aliphatic carbocycles. The first kappa shape index (κ1) is 19.5. The maximum absolute atomic E-state index is 13.3. The lowest BCUT2D eigenvalue weighted by atomic mass is 10.1. The molecule has 0 spiro atoms. The highest BCUT2D eigenvalue weighted by Gasteiger charge is 2.13. The molecule has 0 unspecified atom stereocenters. The van der Waals surface area contributed by atoms with Crippen molar-refractivity contribution in [3.8, 4) is 5.69 Å². The Morgan fingerprint density at radius 2 is 1.76 bits per heavy atom. The minimum Gasteiger partial charge on any atom is -0.268 e. The summed E-state index contributed by atoms with van der Waals surface area (Å²) in [5.41, 5.74) is 3.31. The maximum Gasteiger partial charge on any atom is 0.266 e. The Hall–Kier alpha value is -2.82. The second-order valence-corrected chi connectivity index (χ2v) is 7.98. The zero-order valence-corrected chi connectivity index (χ0v) is 17.7. The SMILES string of the molecule is CSc1ccc(C=Cc2nc3ccccc3c(=O)n2-c2ccc(Cl)cc2C)cc1. The van der Waals surface area contributed by atoms with E-state index >= 15 is 0 Å². The van der Waals surface area contributed by atoms with Crippen molar-refractivity contribution in [3.63, 3.8) is 0 Å². The van der Waals surface area contributed by atoms with Crippen LogP contribution in [0.5, 0.6) is 0 Å². The summed E-state index contributed by atoms with van der Waals surface area (Å²) in [7, 11) is 0. The first-order chi connectivity index (χ1) is 14.1. The average molecular weight is 419 g/mol. The van der Waals surface area contributed by atoms with Crippen molar-refractivity contribution >= 4 is 46.4 Å². The predicted molar refractivity (Wildman–Crippen MR) is 124 cm³/mol. The van der Waals surface area contributed by atoms with E-state index in [4.69, 9.17) is 16.6 Å². The number of thioether (sulfide) groups is 1. The number of nitrogens with zero attached hydrogens (tertiary/aromatic N) is 2. The van der Waals surface area contributed by atoms with Crippen molar-refractivity contribution in [3.05, 3.63) is 99.1 Å². The Balaban J connectivity index is 1.91. The molecule has 144 valence electrons. The van der Waals surface area contributed by atoms with Gasteiger partial charge in [-0.25, -0.2) is 4.98 Å². The Morgan fingerprint density at radius 1 is 1.00 bits per heavy atom. The summed E-state index contributed by atoms with van der Waals surface area (Å²) in [4.78, 5) is 19.3. The Bertz CT molecular complexity index is 1280. The van der Waals surface area contributed by atoms with Crippen LogP contribution in [-0.2, 0) is 0 Å². The lowest BCUT2D eigenvalue weighted by Gasteiger charge is -2.14. The molecular formula is C24H19ClN2OS. The van der Waals surface area contributed by atoms with Crippen LogP contribution >= 0.6 is 23.4 Å². The van der Waals surface area contributed by atoms with Gasteiger partial charge in [0.1, 0.15) is 5.82 Å². The summed E-state index contributed by atoms with van der Waals surface area (Å²) in [5, 5.41) is 1.22. The van der Waals surface area contributed by atoms with Crippen LogP contribution in [0.4, 0.5) is 0 Å². The standard InChI is InChI=1S/C24H19ClN2OS/c1-16-15-18(25)10-13-22(16)27-23(14-9-17-7-11-19(29-2)12-8-17)26-21-6-4-3-5-20(21)24(27)28/h3-15H,1-2H3. The molecule has 0 radical (unpaired) electrons. The summed E-state index contributed by atoms with van der Waals surface area (Å²) in [5.74, 6) is 0.577. The Morgan fingerprint density at radius 3 is 2.48 bits per heavy atom. The second-order valence-electron chi connectivity index (χ2n) is 6.67. The van der Waals surface area contributed by atoms with E-state index in [1.54, 1.807) is 28.5 Å². The van der Waals surface area contributed by atoms with Crippen LogP contribution < -0.4 is 5.56 Å². The van der Waals surface area contributed by atoms with E-state index in [1.807, 2.05) is 49.4 Å². The van der Waals surface area contributed by atoms with E-state index in [0.29, 0.717) is 21.7 Å². The lowest BCUT2D eigenvalue weighted by molar-refractivity contribution is 0.934. The minimum atomic E-state index is -0.0987. The van der Waals surface area contributed by atoms with Crippen molar-refractivity contribution in [1.82, 2.24) is 9.55 Å². The topological polar surface area (TPSA) is 34.9 Å². The average Bonchev–Trinajstić information content (AvgIpc) is 2.73. The first-order valence-electron chi connectivity index (χ1n) is 9.17. The number of para-hydroxylation sites is 1. The van der Waals surface area contributed by atoms with Crippen LogP contribution in [-0.4, -0.2) is 15.8 Å². The zero-order chi connectivity index (χ0) is 20.4. The molecule has 0 amide bonds. The Kier molecular flexibility index (Phi) is 5.56. The van der Waals surface area contributed by atoms with Gasteiger partial charge in [-0.3, -0.25) is 9.36 Å². The lowest BCUT2D eigenvalue weighted by Crippen LogP contribution is -2.23. The third kappa shape index (κ3) is 4.00. The van der Waals surface area contributed by atoms with Gasteiger partial charge >= 0.3 is 0 Å². The largest absolute Gasteiger partial charge is 0.268 e. The molecule has 0 aliphatic heterocycles. The molecular weight excluding hydrogens is 400 g/mol. The molecule has 0 saturated heterocycles. The van der Waals surface area contributed by atoms with Gasteiger partial charge in [-0.15, -0.1) is 11.8 Å². The van der Waals surface area contributed by atoms with E-state index in [-0.39, 0.29) is 5.56 Å². The monoisotopic (exact) mass is 418 g/mol. The molecule has 0 aliphatic rings. The normalized spacial score (nSPS) is 11.4. The van der Waals surface area contributed by atoms with Crippen molar-refractivity contribution in [2.24, 2.45) is 0 Å². The van der Waals surface area contributed by atoms with E-state index in [0.717, 1.165) is 16.8 Å². The molecule has 0 bridgehead atoms. The number of hydrogen-bond acceptors (Lipinski definition) is 3. The predicted octanol–water partition coefficient (Wildman–Crippen LogP) is 6.24. The second kappa shape index (κ2) is 8.27. The molecule has 0 saturated carbocycles. The van der Waals surface area contributed by atoms with Gasteiger partial charge in [-0.05, 0) is 72.8 Å². The highest BCUT2D eigenvalue weighted by atomic mass is 35.5. The highest BCUT2D eigenvalue weighted by molar-refractivity contribution is 7.98. The number of benzene rings is 3. The van der Waals surface area contributed by atoms with E-state index in [2.05, 4.69) is 30.5 Å². The van der Waals surface area contributed by atoms with E-state index in [9.17, 15) is 4.79 Å². The zero-order valence-electron chi connectivity index (χ0n) is 16.1.